The first kappa shape index (κ1) is 9.19. The molecular weight excluding hydrogens is 302 g/mol. The Morgan fingerprint density at radius 3 is 2.75 bits per heavy atom. The number of hydrogen-bond donors (Lipinski definition) is 1. The molecule has 0 radical (unpaired) electrons. The Hall–Kier alpha value is 0.620. The molecule has 0 amide bonds. The lowest BCUT2D eigenvalue weighted by Crippen LogP contribution is -2.14. The Balaban J connectivity index is 1.93. The lowest BCUT2D eigenvalue weighted by Gasteiger charge is -1.97. The summed E-state index contributed by atoms with van der Waals surface area (Å²) in [5, 5.41) is 3.48. The van der Waals surface area contributed by atoms with Gasteiger partial charge in [-0.2, -0.15) is 0 Å². The van der Waals surface area contributed by atoms with Crippen LogP contribution in [0.5, 0.6) is 0 Å². The second-order valence-electron chi connectivity index (χ2n) is 2.99. The molecule has 1 heterocycles. The minimum absolute atomic E-state index is 0.796. The Kier molecular flexibility index (Phi) is 2.89. The largest absolute Gasteiger partial charge is 0.309 e. The maximum absolute atomic E-state index is 3.48. The molecule has 1 aromatic rings. The molecular formula is C8H9Br2NS. The van der Waals surface area contributed by atoms with Crippen molar-refractivity contribution in [2.45, 2.75) is 25.4 Å². The van der Waals surface area contributed by atoms with Crippen molar-refractivity contribution in [1.82, 2.24) is 5.32 Å². The quantitative estimate of drug-likeness (QED) is 0.900. The molecule has 0 spiro atoms. The Labute approximate surface area is 92.8 Å². The fourth-order valence-corrected chi connectivity index (χ4v) is 3.14. The van der Waals surface area contributed by atoms with Crippen LogP contribution < -0.4 is 5.32 Å². The number of hydrogen-bond acceptors (Lipinski definition) is 2. The monoisotopic (exact) mass is 309 g/mol. The highest BCUT2D eigenvalue weighted by atomic mass is 79.9. The molecule has 1 aromatic heterocycles. The third-order valence-corrected chi connectivity index (χ3v) is 5.09. The SMILES string of the molecule is Brc1cc(CNC2CC2)sc1Br. The van der Waals surface area contributed by atoms with Crippen molar-refractivity contribution in [3.05, 3.63) is 19.2 Å². The van der Waals surface area contributed by atoms with Gasteiger partial charge in [0.05, 0.1) is 3.79 Å². The Morgan fingerprint density at radius 1 is 1.50 bits per heavy atom. The van der Waals surface area contributed by atoms with Crippen LogP contribution in [0.1, 0.15) is 17.7 Å². The molecule has 1 saturated carbocycles. The van der Waals surface area contributed by atoms with Gasteiger partial charge in [0.2, 0.25) is 0 Å². The van der Waals surface area contributed by atoms with Gasteiger partial charge < -0.3 is 5.32 Å². The molecule has 1 aliphatic carbocycles. The van der Waals surface area contributed by atoms with E-state index in [4.69, 9.17) is 0 Å². The molecule has 0 bridgehead atoms. The van der Waals surface area contributed by atoms with E-state index < -0.39 is 0 Å². The van der Waals surface area contributed by atoms with Crippen LogP contribution in [-0.4, -0.2) is 6.04 Å². The molecule has 0 unspecified atom stereocenters. The average molecular weight is 311 g/mol. The summed E-state index contributed by atoms with van der Waals surface area (Å²) in [6.45, 7) is 1.01. The van der Waals surface area contributed by atoms with Crippen molar-refractivity contribution >= 4 is 43.2 Å². The first-order valence-electron chi connectivity index (χ1n) is 3.93. The first-order chi connectivity index (χ1) is 5.75. The fourth-order valence-electron chi connectivity index (χ4n) is 1.01. The van der Waals surface area contributed by atoms with Crippen molar-refractivity contribution in [1.29, 1.82) is 0 Å². The van der Waals surface area contributed by atoms with Crippen molar-refractivity contribution in [3.63, 3.8) is 0 Å². The van der Waals surface area contributed by atoms with E-state index >= 15 is 0 Å². The third-order valence-electron chi connectivity index (χ3n) is 1.84. The molecule has 2 rings (SSSR count). The van der Waals surface area contributed by atoms with E-state index in [0.29, 0.717) is 0 Å². The van der Waals surface area contributed by atoms with Gasteiger partial charge >= 0.3 is 0 Å². The summed E-state index contributed by atoms with van der Waals surface area (Å²) < 4.78 is 2.36. The predicted molar refractivity (Wildman–Crippen MR) is 59.6 cm³/mol. The number of nitrogens with one attached hydrogen (secondary N) is 1. The number of halogens is 2. The van der Waals surface area contributed by atoms with Crippen LogP contribution in [0.3, 0.4) is 0 Å². The van der Waals surface area contributed by atoms with E-state index in [1.807, 2.05) is 0 Å². The lowest BCUT2D eigenvalue weighted by molar-refractivity contribution is 0.695. The fraction of sp³-hybridized carbons (Fsp3) is 0.500. The van der Waals surface area contributed by atoms with Crippen LogP contribution in [0.4, 0.5) is 0 Å². The minimum Gasteiger partial charge on any atom is -0.309 e. The minimum atomic E-state index is 0.796. The molecule has 4 heteroatoms. The van der Waals surface area contributed by atoms with Gasteiger partial charge in [-0.05, 0) is 50.8 Å². The van der Waals surface area contributed by atoms with Crippen molar-refractivity contribution in [2.75, 3.05) is 0 Å². The predicted octanol–water partition coefficient (Wildman–Crippen LogP) is 3.53. The summed E-state index contributed by atoms with van der Waals surface area (Å²) in [7, 11) is 0. The van der Waals surface area contributed by atoms with Gasteiger partial charge in [-0.25, -0.2) is 0 Å². The molecule has 1 N–H and O–H groups in total. The molecule has 0 saturated heterocycles. The zero-order chi connectivity index (χ0) is 8.55. The normalized spacial score (nSPS) is 16.8. The van der Waals surface area contributed by atoms with Gasteiger partial charge in [-0.1, -0.05) is 0 Å². The molecule has 12 heavy (non-hydrogen) atoms. The highest BCUT2D eigenvalue weighted by Crippen LogP contribution is 2.32. The maximum Gasteiger partial charge on any atom is 0.0843 e. The highest BCUT2D eigenvalue weighted by Gasteiger charge is 2.20. The van der Waals surface area contributed by atoms with Gasteiger partial charge in [0.25, 0.3) is 0 Å². The molecule has 66 valence electrons. The first-order valence-corrected chi connectivity index (χ1v) is 6.33. The summed E-state index contributed by atoms with van der Waals surface area (Å²) >= 11 is 8.75. The maximum atomic E-state index is 3.48. The van der Waals surface area contributed by atoms with E-state index in [0.717, 1.165) is 12.6 Å². The number of thiophene rings is 1. The van der Waals surface area contributed by atoms with Gasteiger partial charge in [-0.3, -0.25) is 0 Å². The third kappa shape index (κ3) is 2.31. The summed E-state index contributed by atoms with van der Waals surface area (Å²) in [6, 6.07) is 2.97. The van der Waals surface area contributed by atoms with Crippen LogP contribution >= 0.6 is 43.2 Å². The highest BCUT2D eigenvalue weighted by molar-refractivity contribution is 9.13. The Morgan fingerprint density at radius 2 is 2.25 bits per heavy atom. The van der Waals surface area contributed by atoms with Gasteiger partial charge in [-0.15, -0.1) is 11.3 Å². The van der Waals surface area contributed by atoms with Crippen LogP contribution in [0, 0.1) is 0 Å². The summed E-state index contributed by atoms with van der Waals surface area (Å²) in [5.41, 5.74) is 0. The van der Waals surface area contributed by atoms with E-state index in [1.165, 1.54) is 26.0 Å². The second kappa shape index (κ2) is 3.78. The smallest absolute Gasteiger partial charge is 0.0843 e. The second-order valence-corrected chi connectivity index (χ2v) is 6.30. The molecule has 0 aromatic carbocycles. The summed E-state index contributed by atoms with van der Waals surface area (Å²) in [5.74, 6) is 0. The van der Waals surface area contributed by atoms with Crippen LogP contribution in [0.15, 0.2) is 14.3 Å². The molecule has 0 aliphatic heterocycles. The van der Waals surface area contributed by atoms with Crippen molar-refractivity contribution < 1.29 is 0 Å². The van der Waals surface area contributed by atoms with Gasteiger partial charge in [0, 0.05) is 21.9 Å². The zero-order valence-corrected chi connectivity index (χ0v) is 10.4. The van der Waals surface area contributed by atoms with Crippen LogP contribution in [0.25, 0.3) is 0 Å². The summed E-state index contributed by atoms with van der Waals surface area (Å²) in [6.07, 6.45) is 2.71. The summed E-state index contributed by atoms with van der Waals surface area (Å²) in [4.78, 5) is 1.39. The van der Waals surface area contributed by atoms with Crippen LogP contribution in [-0.2, 0) is 6.54 Å². The molecule has 1 fully saturated rings. The Bertz CT molecular complexity index is 261. The van der Waals surface area contributed by atoms with Crippen molar-refractivity contribution in [2.24, 2.45) is 0 Å². The molecule has 1 nitrogen and oxygen atoms in total. The van der Waals surface area contributed by atoms with E-state index in [-0.39, 0.29) is 0 Å². The molecule has 0 atom stereocenters. The number of rotatable bonds is 3. The van der Waals surface area contributed by atoms with Gasteiger partial charge in [0.15, 0.2) is 0 Å². The van der Waals surface area contributed by atoms with E-state index in [2.05, 4.69) is 43.2 Å². The average Bonchev–Trinajstić information content (AvgIpc) is 2.78. The standard InChI is InChI=1S/C8H9Br2NS/c9-7-3-6(12-8(7)10)4-11-5-1-2-5/h3,5,11H,1-2,4H2. The van der Waals surface area contributed by atoms with E-state index in [9.17, 15) is 0 Å². The van der Waals surface area contributed by atoms with E-state index in [1.54, 1.807) is 11.3 Å². The lowest BCUT2D eigenvalue weighted by atomic mass is 10.4. The topological polar surface area (TPSA) is 12.0 Å². The zero-order valence-electron chi connectivity index (χ0n) is 6.44. The van der Waals surface area contributed by atoms with Crippen molar-refractivity contribution in [3.8, 4) is 0 Å². The van der Waals surface area contributed by atoms with Crippen LogP contribution in [0.2, 0.25) is 0 Å². The molecule has 1 aliphatic rings. The van der Waals surface area contributed by atoms with Gasteiger partial charge in [0.1, 0.15) is 0 Å².